The molecule has 1 aromatic heterocycles. The van der Waals surface area contributed by atoms with Gasteiger partial charge in [0.15, 0.2) is 4.34 Å². The van der Waals surface area contributed by atoms with Gasteiger partial charge in [-0.1, -0.05) is 71.1 Å². The van der Waals surface area contributed by atoms with Crippen LogP contribution in [0.5, 0.6) is 0 Å². The molecule has 1 unspecified atom stereocenters. The maximum Gasteiger partial charge on any atom is 0.235 e. The third-order valence-electron chi connectivity index (χ3n) is 3.65. The molecule has 1 amide bonds. The van der Waals surface area contributed by atoms with Gasteiger partial charge in [-0.15, -0.1) is 10.2 Å². The van der Waals surface area contributed by atoms with E-state index >= 15 is 0 Å². The average molecular weight is 405 g/mol. The minimum atomic E-state index is -0.512. The Morgan fingerprint density at radius 1 is 1.23 bits per heavy atom. The summed E-state index contributed by atoms with van der Waals surface area (Å²) in [5, 5.41) is 12.2. The maximum absolute atomic E-state index is 11.8. The number of carbonyl (C=O) groups is 1. The fourth-order valence-corrected chi connectivity index (χ4v) is 4.78. The number of amides is 1. The first-order valence-corrected chi connectivity index (χ1v) is 9.89. The number of rotatable bonds is 6. The molecule has 5 nitrogen and oxygen atoms in total. The number of aryl methyl sites for hydroxylation is 2. The van der Waals surface area contributed by atoms with Gasteiger partial charge in [-0.25, -0.2) is 0 Å². The Balaban J connectivity index is 1.79. The first-order chi connectivity index (χ1) is 12.4. The van der Waals surface area contributed by atoms with Crippen LogP contribution in [0.4, 0.5) is 10.8 Å². The molecule has 0 aliphatic heterocycles. The van der Waals surface area contributed by atoms with E-state index in [1.807, 2.05) is 56.3 Å². The summed E-state index contributed by atoms with van der Waals surface area (Å²) in [6.07, 6.45) is 0. The van der Waals surface area contributed by atoms with Gasteiger partial charge in [0.1, 0.15) is 5.25 Å². The molecule has 3 aromatic rings. The van der Waals surface area contributed by atoms with Crippen molar-refractivity contribution in [1.82, 2.24) is 10.2 Å². The van der Waals surface area contributed by atoms with Crippen LogP contribution in [0, 0.1) is 13.8 Å². The van der Waals surface area contributed by atoms with E-state index in [1.54, 1.807) is 0 Å². The van der Waals surface area contributed by atoms with Crippen molar-refractivity contribution in [2.75, 3.05) is 5.32 Å². The average Bonchev–Trinajstić information content (AvgIpc) is 3.04. The molecule has 0 aliphatic carbocycles. The van der Waals surface area contributed by atoms with Crippen molar-refractivity contribution in [2.24, 2.45) is 5.73 Å². The number of aromatic nitrogens is 2. The third kappa shape index (κ3) is 4.35. The van der Waals surface area contributed by atoms with E-state index in [-0.39, 0.29) is 0 Å². The van der Waals surface area contributed by atoms with Gasteiger partial charge < -0.3 is 11.1 Å². The predicted octanol–water partition coefficient (Wildman–Crippen LogP) is 4.87. The van der Waals surface area contributed by atoms with Crippen molar-refractivity contribution in [2.45, 2.75) is 23.4 Å². The number of halogens is 1. The van der Waals surface area contributed by atoms with Gasteiger partial charge in [0, 0.05) is 0 Å². The summed E-state index contributed by atoms with van der Waals surface area (Å²) >= 11 is 8.97. The van der Waals surface area contributed by atoms with Gasteiger partial charge in [-0.05, 0) is 36.6 Å². The van der Waals surface area contributed by atoms with Crippen LogP contribution in [0.3, 0.4) is 0 Å². The van der Waals surface area contributed by atoms with Gasteiger partial charge in [-0.3, -0.25) is 4.79 Å². The first-order valence-electron chi connectivity index (χ1n) is 7.82. The third-order valence-corrected chi connectivity index (χ3v) is 6.14. The molecule has 3 rings (SSSR count). The number of nitrogens with one attached hydrogen (secondary N) is 1. The number of nitrogens with zero attached hydrogens (tertiary/aromatic N) is 2. The zero-order chi connectivity index (χ0) is 18.7. The molecule has 0 saturated carbocycles. The number of primary amides is 1. The van der Waals surface area contributed by atoms with Crippen LogP contribution in [-0.4, -0.2) is 16.1 Å². The van der Waals surface area contributed by atoms with Crippen LogP contribution in [0.1, 0.15) is 21.9 Å². The van der Waals surface area contributed by atoms with E-state index in [0.717, 1.165) is 22.4 Å². The second-order valence-corrected chi connectivity index (χ2v) is 8.48. The van der Waals surface area contributed by atoms with E-state index in [1.165, 1.54) is 23.1 Å². The highest BCUT2D eigenvalue weighted by molar-refractivity contribution is 8.01. The summed E-state index contributed by atoms with van der Waals surface area (Å²) < 4.78 is 0.654. The summed E-state index contributed by atoms with van der Waals surface area (Å²) in [4.78, 5) is 11.8. The molecule has 3 N–H and O–H groups in total. The van der Waals surface area contributed by atoms with Crippen LogP contribution < -0.4 is 11.1 Å². The molecular weight excluding hydrogens is 388 g/mol. The lowest BCUT2D eigenvalue weighted by atomic mass is 10.1. The topological polar surface area (TPSA) is 80.9 Å². The summed E-state index contributed by atoms with van der Waals surface area (Å²) in [7, 11) is 0. The molecule has 0 saturated heterocycles. The monoisotopic (exact) mass is 404 g/mol. The molecular formula is C18H17ClN4OS2. The Morgan fingerprint density at radius 3 is 2.62 bits per heavy atom. The first kappa shape index (κ1) is 18.7. The highest BCUT2D eigenvalue weighted by Gasteiger charge is 2.21. The van der Waals surface area contributed by atoms with Crippen molar-refractivity contribution in [3.8, 4) is 0 Å². The van der Waals surface area contributed by atoms with Crippen LogP contribution >= 0.6 is 34.7 Å². The maximum atomic E-state index is 11.8. The normalized spacial score (nSPS) is 12.0. The molecule has 8 heteroatoms. The molecule has 134 valence electrons. The van der Waals surface area contributed by atoms with E-state index in [4.69, 9.17) is 17.3 Å². The van der Waals surface area contributed by atoms with Gasteiger partial charge >= 0.3 is 0 Å². The van der Waals surface area contributed by atoms with Crippen LogP contribution in [0.25, 0.3) is 0 Å². The number of nitrogens with two attached hydrogens (primary N) is 1. The summed E-state index contributed by atoms with van der Waals surface area (Å²) in [5.41, 5.74) is 9.33. The van der Waals surface area contributed by atoms with Gasteiger partial charge in [0.2, 0.25) is 11.0 Å². The van der Waals surface area contributed by atoms with Crippen molar-refractivity contribution >= 4 is 51.4 Å². The number of hydrogen-bond donors (Lipinski definition) is 2. The Kier molecular flexibility index (Phi) is 5.80. The van der Waals surface area contributed by atoms with E-state index in [9.17, 15) is 4.79 Å². The lowest BCUT2D eigenvalue weighted by Gasteiger charge is -2.11. The van der Waals surface area contributed by atoms with Crippen LogP contribution in [-0.2, 0) is 4.79 Å². The van der Waals surface area contributed by atoms with E-state index < -0.39 is 11.2 Å². The smallest absolute Gasteiger partial charge is 0.235 e. The number of thioether (sulfide) groups is 1. The summed E-state index contributed by atoms with van der Waals surface area (Å²) in [6.45, 7) is 3.98. The lowest BCUT2D eigenvalue weighted by Crippen LogP contribution is -2.18. The van der Waals surface area contributed by atoms with Crippen LogP contribution in [0.2, 0.25) is 5.02 Å². The lowest BCUT2D eigenvalue weighted by molar-refractivity contribution is -0.117. The number of anilines is 2. The Hall–Kier alpha value is -2.09. The van der Waals surface area contributed by atoms with Crippen molar-refractivity contribution < 1.29 is 4.79 Å². The largest absolute Gasteiger partial charge is 0.368 e. The van der Waals surface area contributed by atoms with Crippen molar-refractivity contribution in [1.29, 1.82) is 0 Å². The quantitative estimate of drug-likeness (QED) is 0.573. The predicted molar refractivity (Wildman–Crippen MR) is 108 cm³/mol. The zero-order valence-electron chi connectivity index (χ0n) is 14.2. The standard InChI is InChI=1S/C18H17ClN4OS2/c1-10-8-11(2)14(13(19)9-10)21-17-22-23-18(26-17)25-15(16(20)24)12-6-4-3-5-7-12/h3-9,15H,1-2H3,(H2,20,24)(H,21,22). The molecule has 1 atom stereocenters. The number of benzene rings is 2. The molecule has 0 radical (unpaired) electrons. The second-order valence-electron chi connectivity index (χ2n) is 5.75. The number of carbonyl (C=O) groups excluding carboxylic acids is 1. The summed E-state index contributed by atoms with van der Waals surface area (Å²) in [5.74, 6) is -0.414. The highest BCUT2D eigenvalue weighted by Crippen LogP contribution is 2.39. The number of hydrogen-bond acceptors (Lipinski definition) is 6. The molecule has 26 heavy (non-hydrogen) atoms. The zero-order valence-corrected chi connectivity index (χ0v) is 16.6. The van der Waals surface area contributed by atoms with E-state index in [2.05, 4.69) is 15.5 Å². The van der Waals surface area contributed by atoms with Gasteiger partial charge in [-0.2, -0.15) is 0 Å². The molecule has 0 bridgehead atoms. The van der Waals surface area contributed by atoms with Gasteiger partial charge in [0.05, 0.1) is 10.7 Å². The molecule has 2 aromatic carbocycles. The molecule has 1 heterocycles. The fraction of sp³-hybridized carbons (Fsp3) is 0.167. The van der Waals surface area contributed by atoms with E-state index in [0.29, 0.717) is 14.5 Å². The molecule has 0 fully saturated rings. The molecule has 0 spiro atoms. The van der Waals surface area contributed by atoms with Gasteiger partial charge in [0.25, 0.3) is 0 Å². The van der Waals surface area contributed by atoms with Crippen LogP contribution in [0.15, 0.2) is 46.8 Å². The molecule has 0 aliphatic rings. The minimum absolute atomic E-state index is 0.414. The Labute approximate surface area is 165 Å². The SMILES string of the molecule is Cc1cc(C)c(Nc2nnc(SC(C(N)=O)c3ccccc3)s2)c(Cl)c1. The Bertz CT molecular complexity index is 907. The van der Waals surface area contributed by atoms with Crippen molar-refractivity contribution in [3.63, 3.8) is 0 Å². The Morgan fingerprint density at radius 2 is 1.96 bits per heavy atom. The van der Waals surface area contributed by atoms with Crippen molar-refractivity contribution in [3.05, 3.63) is 64.2 Å². The fourth-order valence-electron chi connectivity index (χ4n) is 2.51. The summed E-state index contributed by atoms with van der Waals surface area (Å²) in [6, 6.07) is 13.3. The minimum Gasteiger partial charge on any atom is -0.368 e. The second kappa shape index (κ2) is 8.07. The highest BCUT2D eigenvalue weighted by atomic mass is 35.5.